The molecule has 2 atom stereocenters. The van der Waals surface area contributed by atoms with Gasteiger partial charge in [0.2, 0.25) is 17.6 Å². The van der Waals surface area contributed by atoms with Gasteiger partial charge in [-0.3, -0.25) is 4.79 Å². The summed E-state index contributed by atoms with van der Waals surface area (Å²) >= 11 is 0. The Labute approximate surface area is 153 Å². The maximum absolute atomic E-state index is 12.4. The van der Waals surface area contributed by atoms with Gasteiger partial charge < -0.3 is 18.9 Å². The lowest BCUT2D eigenvalue weighted by atomic mass is 10.1. The smallest absolute Gasteiger partial charge is 0.226 e. The van der Waals surface area contributed by atoms with Gasteiger partial charge in [-0.15, -0.1) is 0 Å². The van der Waals surface area contributed by atoms with Gasteiger partial charge >= 0.3 is 0 Å². The molecule has 26 heavy (non-hydrogen) atoms. The van der Waals surface area contributed by atoms with Crippen LogP contribution in [0.4, 0.5) is 0 Å². The lowest BCUT2D eigenvalue weighted by Gasteiger charge is -2.35. The second-order valence-electron chi connectivity index (χ2n) is 6.65. The molecule has 0 unspecified atom stereocenters. The van der Waals surface area contributed by atoms with E-state index >= 15 is 0 Å². The minimum Gasteiger partial charge on any atom is -0.497 e. The largest absolute Gasteiger partial charge is 0.497 e. The maximum Gasteiger partial charge on any atom is 0.226 e. The average Bonchev–Trinajstić information content (AvgIpc) is 3.10. The van der Waals surface area contributed by atoms with Gasteiger partial charge in [0.15, 0.2) is 0 Å². The van der Waals surface area contributed by atoms with Crippen LogP contribution in [0.1, 0.15) is 32.6 Å². The van der Waals surface area contributed by atoms with Crippen LogP contribution < -0.4 is 4.74 Å². The molecule has 7 nitrogen and oxygen atoms in total. The Balaban J connectivity index is 1.49. The molecule has 0 N–H and O–H groups in total. The van der Waals surface area contributed by atoms with E-state index in [-0.39, 0.29) is 18.1 Å². The summed E-state index contributed by atoms with van der Waals surface area (Å²) in [7, 11) is 1.63. The third-order valence-corrected chi connectivity index (χ3v) is 4.37. The molecule has 1 fully saturated rings. The van der Waals surface area contributed by atoms with Crippen LogP contribution in [-0.4, -0.2) is 53.4 Å². The summed E-state index contributed by atoms with van der Waals surface area (Å²) in [6.45, 7) is 5.31. The number of carbonyl (C=O) groups is 1. The van der Waals surface area contributed by atoms with Crippen LogP contribution in [0.5, 0.6) is 5.75 Å². The molecule has 1 saturated heterocycles. The van der Waals surface area contributed by atoms with Gasteiger partial charge in [-0.2, -0.15) is 4.98 Å². The second-order valence-corrected chi connectivity index (χ2v) is 6.65. The van der Waals surface area contributed by atoms with E-state index in [4.69, 9.17) is 14.0 Å². The van der Waals surface area contributed by atoms with Crippen molar-refractivity contribution in [2.75, 3.05) is 20.2 Å². The SMILES string of the molecule is COc1ccc(-c2noc(CCCC(=O)N3C[C@@H](C)O[C@@H](C)C3)n2)cc1. The molecule has 1 aromatic heterocycles. The van der Waals surface area contributed by atoms with Gasteiger partial charge in [0.25, 0.3) is 0 Å². The molecular formula is C19H25N3O4. The normalized spacial score (nSPS) is 20.2. The van der Waals surface area contributed by atoms with Gasteiger partial charge in [0.05, 0.1) is 19.3 Å². The number of rotatable bonds is 6. The van der Waals surface area contributed by atoms with Gasteiger partial charge in [-0.05, 0) is 44.5 Å². The Bertz CT molecular complexity index is 719. The number of ether oxygens (including phenoxy) is 2. The first-order valence-electron chi connectivity index (χ1n) is 8.95. The highest BCUT2D eigenvalue weighted by Gasteiger charge is 2.25. The van der Waals surface area contributed by atoms with Gasteiger partial charge in [-0.25, -0.2) is 0 Å². The molecule has 7 heteroatoms. The summed E-state index contributed by atoms with van der Waals surface area (Å²) in [5.74, 6) is 2.03. The lowest BCUT2D eigenvalue weighted by Crippen LogP contribution is -2.48. The molecule has 1 aromatic carbocycles. The Morgan fingerprint density at radius 3 is 2.58 bits per heavy atom. The number of amides is 1. The summed E-state index contributed by atoms with van der Waals surface area (Å²) in [5, 5.41) is 4.01. The minimum absolute atomic E-state index is 0.0886. The summed E-state index contributed by atoms with van der Waals surface area (Å²) in [4.78, 5) is 18.6. The van der Waals surface area contributed by atoms with Crippen LogP contribution in [0.15, 0.2) is 28.8 Å². The third kappa shape index (κ3) is 4.60. The molecule has 1 aliphatic rings. The van der Waals surface area contributed by atoms with Crippen LogP contribution in [0, 0.1) is 0 Å². The average molecular weight is 359 g/mol. The minimum atomic E-state index is 0.0886. The summed E-state index contributed by atoms with van der Waals surface area (Å²) in [6, 6.07) is 7.48. The fourth-order valence-electron chi connectivity index (χ4n) is 3.14. The van der Waals surface area contributed by atoms with E-state index in [0.717, 1.165) is 11.3 Å². The fourth-order valence-corrected chi connectivity index (χ4v) is 3.14. The van der Waals surface area contributed by atoms with Crippen LogP contribution in [0.2, 0.25) is 0 Å². The van der Waals surface area contributed by atoms with Crippen LogP contribution in [0.25, 0.3) is 11.4 Å². The zero-order valence-electron chi connectivity index (χ0n) is 15.5. The number of methoxy groups -OCH3 is 1. The number of nitrogens with zero attached hydrogens (tertiary/aromatic N) is 3. The molecule has 0 spiro atoms. The first-order valence-corrected chi connectivity index (χ1v) is 8.95. The molecule has 0 saturated carbocycles. The third-order valence-electron chi connectivity index (χ3n) is 4.37. The lowest BCUT2D eigenvalue weighted by molar-refractivity contribution is -0.143. The van der Waals surface area contributed by atoms with Crippen molar-refractivity contribution in [3.05, 3.63) is 30.2 Å². The predicted octanol–water partition coefficient (Wildman–Crippen LogP) is 2.70. The Morgan fingerprint density at radius 2 is 1.92 bits per heavy atom. The highest BCUT2D eigenvalue weighted by molar-refractivity contribution is 5.76. The molecule has 0 aliphatic carbocycles. The van der Waals surface area contributed by atoms with Crippen molar-refractivity contribution in [1.29, 1.82) is 0 Å². The molecular weight excluding hydrogens is 334 g/mol. The van der Waals surface area contributed by atoms with Crippen molar-refractivity contribution < 1.29 is 18.8 Å². The van der Waals surface area contributed by atoms with E-state index in [9.17, 15) is 4.79 Å². The highest BCUT2D eigenvalue weighted by Crippen LogP contribution is 2.20. The van der Waals surface area contributed by atoms with E-state index in [2.05, 4.69) is 10.1 Å². The number of morpholine rings is 1. The van der Waals surface area contributed by atoms with E-state index in [1.807, 2.05) is 43.0 Å². The fraction of sp³-hybridized carbons (Fsp3) is 0.526. The number of hydrogen-bond acceptors (Lipinski definition) is 6. The Morgan fingerprint density at radius 1 is 1.23 bits per heavy atom. The quantitative estimate of drug-likeness (QED) is 0.789. The number of benzene rings is 1. The number of carbonyl (C=O) groups excluding carboxylic acids is 1. The van der Waals surface area contributed by atoms with Crippen LogP contribution >= 0.6 is 0 Å². The summed E-state index contributed by atoms with van der Waals surface area (Å²) in [6.07, 6.45) is 1.92. The molecule has 2 heterocycles. The van der Waals surface area contributed by atoms with Gasteiger partial charge in [-0.1, -0.05) is 5.16 Å². The van der Waals surface area contributed by atoms with Crippen molar-refractivity contribution >= 4 is 5.91 Å². The number of aromatic nitrogens is 2. The summed E-state index contributed by atoms with van der Waals surface area (Å²) in [5.41, 5.74) is 0.869. The standard InChI is InChI=1S/C19H25N3O4/c1-13-11-22(12-14(2)25-13)18(23)6-4-5-17-20-19(21-26-17)15-7-9-16(24-3)10-8-15/h7-10,13-14H,4-6,11-12H2,1-3H3/t13-,14+. The van der Waals surface area contributed by atoms with Crippen molar-refractivity contribution in [3.8, 4) is 17.1 Å². The van der Waals surface area contributed by atoms with Crippen molar-refractivity contribution in [2.24, 2.45) is 0 Å². The van der Waals surface area contributed by atoms with Gasteiger partial charge in [0.1, 0.15) is 5.75 Å². The monoisotopic (exact) mass is 359 g/mol. The molecule has 2 aromatic rings. The maximum atomic E-state index is 12.4. The molecule has 140 valence electrons. The highest BCUT2D eigenvalue weighted by atomic mass is 16.5. The van der Waals surface area contributed by atoms with Crippen molar-refractivity contribution in [2.45, 2.75) is 45.3 Å². The first-order chi connectivity index (χ1) is 12.5. The van der Waals surface area contributed by atoms with Crippen molar-refractivity contribution in [1.82, 2.24) is 15.0 Å². The molecule has 0 radical (unpaired) electrons. The van der Waals surface area contributed by atoms with E-state index < -0.39 is 0 Å². The summed E-state index contributed by atoms with van der Waals surface area (Å²) < 4.78 is 16.1. The molecule has 3 rings (SSSR count). The zero-order valence-corrected chi connectivity index (χ0v) is 15.5. The zero-order chi connectivity index (χ0) is 18.5. The first kappa shape index (κ1) is 18.4. The van der Waals surface area contributed by atoms with E-state index in [0.29, 0.717) is 44.1 Å². The van der Waals surface area contributed by atoms with Crippen LogP contribution in [0.3, 0.4) is 0 Å². The number of hydrogen-bond donors (Lipinski definition) is 0. The molecule has 0 bridgehead atoms. The predicted molar refractivity (Wildman–Crippen MR) is 95.8 cm³/mol. The Hall–Kier alpha value is -2.41. The molecule has 1 aliphatic heterocycles. The van der Waals surface area contributed by atoms with Crippen molar-refractivity contribution in [3.63, 3.8) is 0 Å². The molecule has 1 amide bonds. The number of aryl methyl sites for hydroxylation is 1. The second kappa shape index (κ2) is 8.31. The van der Waals surface area contributed by atoms with Gasteiger partial charge in [0, 0.05) is 31.5 Å². The van der Waals surface area contributed by atoms with Crippen LogP contribution in [-0.2, 0) is 16.0 Å². The topological polar surface area (TPSA) is 77.7 Å². The Kier molecular flexibility index (Phi) is 5.88. The van der Waals surface area contributed by atoms with E-state index in [1.54, 1.807) is 7.11 Å². The van der Waals surface area contributed by atoms with E-state index in [1.165, 1.54) is 0 Å².